The first-order chi connectivity index (χ1) is 7.11. The molecular formula is C11H18N2O2. The molecule has 0 aromatic carbocycles. The number of nitrogens with one attached hydrogen (secondary N) is 1. The van der Waals surface area contributed by atoms with Crippen molar-refractivity contribution in [2.24, 2.45) is 0 Å². The van der Waals surface area contributed by atoms with E-state index in [1.165, 1.54) is 0 Å². The van der Waals surface area contributed by atoms with Gasteiger partial charge in [-0.05, 0) is 13.8 Å². The van der Waals surface area contributed by atoms with Gasteiger partial charge in [-0.25, -0.2) is 0 Å². The maximum atomic E-state index is 11.6. The topological polar surface area (TPSA) is 41.6 Å². The fourth-order valence-corrected chi connectivity index (χ4v) is 1.39. The summed E-state index contributed by atoms with van der Waals surface area (Å²) in [5.41, 5.74) is -0.175. The van der Waals surface area contributed by atoms with Gasteiger partial charge in [-0.3, -0.25) is 4.79 Å². The Labute approximate surface area is 91.0 Å². The summed E-state index contributed by atoms with van der Waals surface area (Å²) in [5.74, 6) is 2.42. The molecule has 1 rings (SSSR count). The minimum absolute atomic E-state index is 0.0384. The molecule has 0 aromatic heterocycles. The van der Waals surface area contributed by atoms with Crippen molar-refractivity contribution in [3.63, 3.8) is 0 Å². The highest BCUT2D eigenvalue weighted by Crippen LogP contribution is 2.14. The van der Waals surface area contributed by atoms with E-state index in [0.29, 0.717) is 13.1 Å². The Morgan fingerprint density at radius 1 is 1.67 bits per heavy atom. The lowest BCUT2D eigenvalue weighted by Gasteiger charge is -2.39. The molecule has 1 fully saturated rings. The van der Waals surface area contributed by atoms with Crippen LogP contribution in [-0.2, 0) is 9.53 Å². The van der Waals surface area contributed by atoms with Crippen molar-refractivity contribution in [3.05, 3.63) is 0 Å². The number of likely N-dealkylation sites (N-methyl/N-ethyl adjacent to an activating group) is 1. The number of amides is 1. The second-order valence-corrected chi connectivity index (χ2v) is 3.95. The molecule has 0 unspecified atom stereocenters. The van der Waals surface area contributed by atoms with Crippen LogP contribution in [0.4, 0.5) is 0 Å². The van der Waals surface area contributed by atoms with Crippen LogP contribution in [0.15, 0.2) is 0 Å². The van der Waals surface area contributed by atoms with Crippen LogP contribution in [0.1, 0.15) is 13.8 Å². The molecule has 0 aliphatic carbocycles. The van der Waals surface area contributed by atoms with Crippen molar-refractivity contribution < 1.29 is 9.53 Å². The summed E-state index contributed by atoms with van der Waals surface area (Å²) in [5, 5.41) is 3.11. The molecule has 1 aliphatic heterocycles. The van der Waals surface area contributed by atoms with E-state index in [9.17, 15) is 4.79 Å². The Hall–Kier alpha value is -1.05. The van der Waals surface area contributed by atoms with Gasteiger partial charge >= 0.3 is 0 Å². The van der Waals surface area contributed by atoms with Crippen LogP contribution in [-0.4, -0.2) is 49.2 Å². The summed E-state index contributed by atoms with van der Waals surface area (Å²) in [6, 6.07) is 0. The third-order valence-corrected chi connectivity index (χ3v) is 2.56. The Bertz CT molecular complexity index is 266. The Morgan fingerprint density at radius 3 is 2.73 bits per heavy atom. The number of terminal acetylenes is 1. The minimum Gasteiger partial charge on any atom is -0.363 e. The molecule has 4 heteroatoms. The van der Waals surface area contributed by atoms with E-state index in [2.05, 4.69) is 11.2 Å². The molecule has 15 heavy (non-hydrogen) atoms. The third kappa shape index (κ3) is 3.22. The molecule has 4 nitrogen and oxygen atoms in total. The van der Waals surface area contributed by atoms with Crippen LogP contribution in [0, 0.1) is 12.3 Å². The van der Waals surface area contributed by atoms with Crippen molar-refractivity contribution in [2.45, 2.75) is 19.4 Å². The van der Waals surface area contributed by atoms with Crippen molar-refractivity contribution >= 4 is 5.91 Å². The smallest absolute Gasteiger partial charge is 0.249 e. The first-order valence-electron chi connectivity index (χ1n) is 5.17. The van der Waals surface area contributed by atoms with Crippen LogP contribution >= 0.6 is 0 Å². The van der Waals surface area contributed by atoms with Crippen LogP contribution in [0.3, 0.4) is 0 Å². The van der Waals surface area contributed by atoms with E-state index in [4.69, 9.17) is 11.2 Å². The molecule has 0 bridgehead atoms. The molecule has 0 aromatic rings. The van der Waals surface area contributed by atoms with Crippen LogP contribution < -0.4 is 5.32 Å². The molecule has 1 N–H and O–H groups in total. The summed E-state index contributed by atoms with van der Waals surface area (Å²) in [4.78, 5) is 13.2. The minimum atomic E-state index is -0.175. The van der Waals surface area contributed by atoms with Gasteiger partial charge in [-0.1, -0.05) is 5.92 Å². The summed E-state index contributed by atoms with van der Waals surface area (Å²) >= 11 is 0. The van der Waals surface area contributed by atoms with Gasteiger partial charge < -0.3 is 15.0 Å². The van der Waals surface area contributed by atoms with Crippen molar-refractivity contribution in [3.8, 4) is 12.3 Å². The third-order valence-electron chi connectivity index (χ3n) is 2.56. The van der Waals surface area contributed by atoms with Gasteiger partial charge in [0.2, 0.25) is 5.91 Å². The molecule has 1 saturated heterocycles. The first-order valence-corrected chi connectivity index (χ1v) is 5.17. The SMILES string of the molecule is C#CCN(CC)C(=O)COC1(C)CNC1. The van der Waals surface area contributed by atoms with E-state index in [1.54, 1.807) is 4.90 Å². The van der Waals surface area contributed by atoms with Crippen LogP contribution in [0.25, 0.3) is 0 Å². The van der Waals surface area contributed by atoms with Gasteiger partial charge in [0.15, 0.2) is 0 Å². The van der Waals surface area contributed by atoms with E-state index >= 15 is 0 Å². The fraction of sp³-hybridized carbons (Fsp3) is 0.727. The van der Waals surface area contributed by atoms with Gasteiger partial charge in [0, 0.05) is 19.6 Å². The predicted octanol–water partition coefficient (Wildman–Crippen LogP) is -0.153. The van der Waals surface area contributed by atoms with Crippen molar-refractivity contribution in [1.29, 1.82) is 0 Å². The van der Waals surface area contributed by atoms with Crippen LogP contribution in [0.5, 0.6) is 0 Å². The molecule has 1 aliphatic rings. The molecule has 0 saturated carbocycles. The second-order valence-electron chi connectivity index (χ2n) is 3.95. The first kappa shape index (κ1) is 12.0. The highest BCUT2D eigenvalue weighted by Gasteiger charge is 2.33. The quantitative estimate of drug-likeness (QED) is 0.641. The van der Waals surface area contributed by atoms with Gasteiger partial charge in [0.25, 0.3) is 0 Å². The zero-order chi connectivity index (χ0) is 11.3. The number of hydrogen-bond acceptors (Lipinski definition) is 3. The Kier molecular flexibility index (Phi) is 4.13. The maximum absolute atomic E-state index is 11.6. The summed E-state index contributed by atoms with van der Waals surface area (Å²) < 4.78 is 5.53. The predicted molar refractivity (Wildman–Crippen MR) is 58.3 cm³/mol. The lowest BCUT2D eigenvalue weighted by Crippen LogP contribution is -2.59. The zero-order valence-electron chi connectivity index (χ0n) is 9.38. The van der Waals surface area contributed by atoms with Gasteiger partial charge in [0.05, 0.1) is 12.1 Å². The van der Waals surface area contributed by atoms with E-state index in [1.807, 2.05) is 13.8 Å². The maximum Gasteiger partial charge on any atom is 0.249 e. The summed E-state index contributed by atoms with van der Waals surface area (Å²) in [7, 11) is 0. The van der Waals surface area contributed by atoms with Gasteiger partial charge in [-0.15, -0.1) is 6.42 Å². The molecule has 84 valence electrons. The summed E-state index contributed by atoms with van der Waals surface area (Å²) in [6.45, 7) is 6.61. The van der Waals surface area contributed by atoms with Crippen molar-refractivity contribution in [2.75, 3.05) is 32.8 Å². The van der Waals surface area contributed by atoms with E-state index in [-0.39, 0.29) is 18.1 Å². The number of hydrogen-bond donors (Lipinski definition) is 1. The van der Waals surface area contributed by atoms with Crippen molar-refractivity contribution in [1.82, 2.24) is 10.2 Å². The number of nitrogens with zero attached hydrogens (tertiary/aromatic N) is 1. The Morgan fingerprint density at radius 2 is 2.33 bits per heavy atom. The lowest BCUT2D eigenvalue weighted by molar-refractivity contribution is -0.145. The number of carbonyl (C=O) groups excluding carboxylic acids is 1. The highest BCUT2D eigenvalue weighted by molar-refractivity contribution is 5.77. The summed E-state index contributed by atoms with van der Waals surface area (Å²) in [6.07, 6.45) is 5.17. The number of carbonyl (C=O) groups is 1. The molecule has 1 amide bonds. The largest absolute Gasteiger partial charge is 0.363 e. The van der Waals surface area contributed by atoms with Crippen LogP contribution in [0.2, 0.25) is 0 Å². The molecule has 1 heterocycles. The number of rotatable bonds is 5. The monoisotopic (exact) mass is 210 g/mol. The van der Waals surface area contributed by atoms with E-state index in [0.717, 1.165) is 13.1 Å². The zero-order valence-corrected chi connectivity index (χ0v) is 9.38. The molecular weight excluding hydrogens is 192 g/mol. The average molecular weight is 210 g/mol. The standard InChI is InChI=1S/C11H18N2O2/c1-4-6-13(5-2)10(14)7-15-11(3)8-12-9-11/h1,12H,5-9H2,2-3H3. The average Bonchev–Trinajstić information content (AvgIpc) is 2.19. The molecule has 0 spiro atoms. The molecule has 0 radical (unpaired) electrons. The number of ether oxygens (including phenoxy) is 1. The molecule has 0 atom stereocenters. The normalized spacial score (nSPS) is 17.7. The fourth-order valence-electron chi connectivity index (χ4n) is 1.39. The van der Waals surface area contributed by atoms with Gasteiger partial charge in [0.1, 0.15) is 6.61 Å². The lowest BCUT2D eigenvalue weighted by atomic mass is 10.0. The Balaban J connectivity index is 2.31. The highest BCUT2D eigenvalue weighted by atomic mass is 16.5. The van der Waals surface area contributed by atoms with Gasteiger partial charge in [-0.2, -0.15) is 0 Å². The second kappa shape index (κ2) is 5.15. The van der Waals surface area contributed by atoms with E-state index < -0.39 is 0 Å².